The Morgan fingerprint density at radius 3 is 2.16 bits per heavy atom. The SMILES string of the molecule is CC(C)(C)OC=O.OC1(c2ccc(F)c(C(F)(F)F)c2)CCNCC1. The second kappa shape index (κ2) is 8.14. The highest BCUT2D eigenvalue weighted by Gasteiger charge is 2.37. The Labute approximate surface area is 144 Å². The predicted molar refractivity (Wildman–Crippen MR) is 84.3 cm³/mol. The summed E-state index contributed by atoms with van der Waals surface area (Å²) in [6.45, 7) is 6.97. The van der Waals surface area contributed by atoms with E-state index in [-0.39, 0.29) is 11.2 Å². The average Bonchev–Trinajstić information content (AvgIpc) is 2.46. The number of nitrogens with one attached hydrogen (secondary N) is 1. The van der Waals surface area contributed by atoms with Crippen LogP contribution in [0.1, 0.15) is 44.7 Å². The van der Waals surface area contributed by atoms with Crippen molar-refractivity contribution in [2.45, 2.75) is 51.0 Å². The molecule has 0 aromatic heterocycles. The Morgan fingerprint density at radius 1 is 1.20 bits per heavy atom. The number of ether oxygens (including phenoxy) is 1. The van der Waals surface area contributed by atoms with Crippen molar-refractivity contribution < 1.29 is 32.2 Å². The third-order valence-electron chi connectivity index (χ3n) is 3.64. The number of alkyl halides is 3. The lowest BCUT2D eigenvalue weighted by molar-refractivity contribution is -0.140. The van der Waals surface area contributed by atoms with E-state index in [1.165, 1.54) is 6.07 Å². The Bertz CT molecular complexity index is 576. The summed E-state index contributed by atoms with van der Waals surface area (Å²) >= 11 is 0. The molecule has 1 saturated heterocycles. The second-order valence-corrected chi connectivity index (χ2v) is 6.80. The van der Waals surface area contributed by atoms with E-state index < -0.39 is 23.2 Å². The Hall–Kier alpha value is -1.67. The summed E-state index contributed by atoms with van der Waals surface area (Å²) < 4.78 is 55.5. The van der Waals surface area contributed by atoms with Gasteiger partial charge in [-0.05, 0) is 64.4 Å². The van der Waals surface area contributed by atoms with Gasteiger partial charge in [0.1, 0.15) is 11.4 Å². The molecule has 1 aliphatic rings. The molecule has 4 nitrogen and oxygen atoms in total. The number of halogens is 4. The normalized spacial score (nSPS) is 17.3. The molecule has 2 N–H and O–H groups in total. The Morgan fingerprint density at radius 2 is 1.76 bits per heavy atom. The van der Waals surface area contributed by atoms with E-state index in [1.54, 1.807) is 0 Å². The summed E-state index contributed by atoms with van der Waals surface area (Å²) in [5.41, 5.74) is -2.83. The van der Waals surface area contributed by atoms with E-state index in [4.69, 9.17) is 0 Å². The fourth-order valence-corrected chi connectivity index (χ4v) is 2.31. The van der Waals surface area contributed by atoms with E-state index in [1.807, 2.05) is 20.8 Å². The molecule has 0 aliphatic carbocycles. The molecular formula is C17H23F4NO3. The predicted octanol–water partition coefficient (Wildman–Crippen LogP) is 3.37. The number of carbonyl (C=O) groups is 1. The molecule has 0 saturated carbocycles. The van der Waals surface area contributed by atoms with Crippen LogP contribution in [0, 0.1) is 5.82 Å². The number of carbonyl (C=O) groups excluding carboxylic acids is 1. The molecule has 0 unspecified atom stereocenters. The third kappa shape index (κ3) is 6.62. The van der Waals surface area contributed by atoms with Crippen LogP contribution in [0.2, 0.25) is 0 Å². The zero-order chi connectivity index (χ0) is 19.3. The molecule has 0 bridgehead atoms. The molecule has 1 aliphatic heterocycles. The molecule has 0 radical (unpaired) electrons. The number of hydrogen-bond donors (Lipinski definition) is 2. The Kier molecular flexibility index (Phi) is 6.96. The summed E-state index contributed by atoms with van der Waals surface area (Å²) in [4.78, 5) is 9.60. The van der Waals surface area contributed by atoms with Crippen LogP contribution in [0.3, 0.4) is 0 Å². The first-order valence-electron chi connectivity index (χ1n) is 7.81. The molecule has 2 rings (SSSR count). The largest absolute Gasteiger partial charge is 0.462 e. The number of benzene rings is 1. The third-order valence-corrected chi connectivity index (χ3v) is 3.64. The van der Waals surface area contributed by atoms with Crippen molar-refractivity contribution in [3.63, 3.8) is 0 Å². The topological polar surface area (TPSA) is 58.6 Å². The second-order valence-electron chi connectivity index (χ2n) is 6.80. The van der Waals surface area contributed by atoms with Crippen LogP contribution in [0.5, 0.6) is 0 Å². The van der Waals surface area contributed by atoms with Gasteiger partial charge in [0.2, 0.25) is 0 Å². The molecule has 8 heteroatoms. The molecule has 0 atom stereocenters. The quantitative estimate of drug-likeness (QED) is 0.623. The first-order valence-corrected chi connectivity index (χ1v) is 7.81. The molecule has 0 spiro atoms. The lowest BCUT2D eigenvalue weighted by Crippen LogP contribution is -2.39. The molecule has 1 heterocycles. The molecule has 25 heavy (non-hydrogen) atoms. The molecular weight excluding hydrogens is 342 g/mol. The smallest absolute Gasteiger partial charge is 0.419 e. The molecule has 0 amide bonds. The summed E-state index contributed by atoms with van der Waals surface area (Å²) in [7, 11) is 0. The maximum Gasteiger partial charge on any atom is 0.419 e. The number of hydrogen-bond acceptors (Lipinski definition) is 4. The van der Waals surface area contributed by atoms with Gasteiger partial charge < -0.3 is 15.2 Å². The van der Waals surface area contributed by atoms with Crippen molar-refractivity contribution in [2.75, 3.05) is 13.1 Å². The fourth-order valence-electron chi connectivity index (χ4n) is 2.31. The van der Waals surface area contributed by atoms with E-state index >= 15 is 0 Å². The van der Waals surface area contributed by atoms with Crippen LogP contribution in [-0.4, -0.2) is 30.3 Å². The van der Waals surface area contributed by atoms with Crippen LogP contribution in [-0.2, 0) is 21.3 Å². The fraction of sp³-hybridized carbons (Fsp3) is 0.588. The van der Waals surface area contributed by atoms with Crippen molar-refractivity contribution in [2.24, 2.45) is 0 Å². The minimum Gasteiger partial charge on any atom is -0.462 e. The number of aliphatic hydroxyl groups is 1. The van der Waals surface area contributed by atoms with Crippen LogP contribution < -0.4 is 5.32 Å². The maximum absolute atomic E-state index is 13.1. The van der Waals surface area contributed by atoms with Gasteiger partial charge in [-0.25, -0.2) is 4.39 Å². The standard InChI is InChI=1S/C12H13F4NO.C5H10O2/c13-10-2-1-8(7-9(10)12(14,15)16)11(18)3-5-17-6-4-11;1-5(2,3)7-4-6/h1-2,7,17-18H,3-6H2;4H,1-3H3. The minimum atomic E-state index is -4.75. The van der Waals surface area contributed by atoms with E-state index in [0.717, 1.165) is 6.07 Å². The molecule has 1 fully saturated rings. The van der Waals surface area contributed by atoms with Crippen LogP contribution in [0.25, 0.3) is 0 Å². The van der Waals surface area contributed by atoms with E-state index in [9.17, 15) is 27.5 Å². The van der Waals surface area contributed by atoms with Gasteiger partial charge in [-0.2, -0.15) is 13.2 Å². The van der Waals surface area contributed by atoms with Gasteiger partial charge in [0, 0.05) is 0 Å². The first-order chi connectivity index (χ1) is 11.4. The molecule has 1 aromatic rings. The summed E-state index contributed by atoms with van der Waals surface area (Å²) in [5.74, 6) is -1.32. The molecule has 142 valence electrons. The van der Waals surface area contributed by atoms with Gasteiger partial charge in [-0.15, -0.1) is 0 Å². The Balaban J connectivity index is 0.000000381. The highest BCUT2D eigenvalue weighted by molar-refractivity contribution is 5.37. The summed E-state index contributed by atoms with van der Waals surface area (Å²) in [6, 6.07) is 2.69. The van der Waals surface area contributed by atoms with Crippen molar-refractivity contribution in [1.82, 2.24) is 5.32 Å². The van der Waals surface area contributed by atoms with Gasteiger partial charge in [0.05, 0.1) is 11.2 Å². The van der Waals surface area contributed by atoms with Gasteiger partial charge >= 0.3 is 6.18 Å². The monoisotopic (exact) mass is 365 g/mol. The highest BCUT2D eigenvalue weighted by atomic mass is 19.4. The van der Waals surface area contributed by atoms with E-state index in [0.29, 0.717) is 38.5 Å². The minimum absolute atomic E-state index is 0.123. The van der Waals surface area contributed by atoms with Crippen LogP contribution >= 0.6 is 0 Å². The summed E-state index contributed by atoms with van der Waals surface area (Å²) in [6.07, 6.45) is -4.12. The van der Waals surface area contributed by atoms with Crippen molar-refractivity contribution in [3.8, 4) is 0 Å². The lowest BCUT2D eigenvalue weighted by atomic mass is 9.84. The van der Waals surface area contributed by atoms with Crippen LogP contribution in [0.4, 0.5) is 17.6 Å². The number of piperidine rings is 1. The number of rotatable bonds is 2. The zero-order valence-electron chi connectivity index (χ0n) is 14.4. The first kappa shape index (κ1) is 21.4. The van der Waals surface area contributed by atoms with Gasteiger partial charge in [0.15, 0.2) is 0 Å². The molecule has 1 aromatic carbocycles. The van der Waals surface area contributed by atoms with Gasteiger partial charge in [0.25, 0.3) is 6.47 Å². The van der Waals surface area contributed by atoms with E-state index in [2.05, 4.69) is 10.1 Å². The van der Waals surface area contributed by atoms with Crippen molar-refractivity contribution in [1.29, 1.82) is 0 Å². The lowest BCUT2D eigenvalue weighted by Gasteiger charge is -2.33. The zero-order valence-corrected chi connectivity index (χ0v) is 14.4. The maximum atomic E-state index is 13.1. The summed E-state index contributed by atoms with van der Waals surface area (Å²) in [5, 5.41) is 13.3. The van der Waals surface area contributed by atoms with Gasteiger partial charge in [-0.3, -0.25) is 4.79 Å². The van der Waals surface area contributed by atoms with Crippen molar-refractivity contribution in [3.05, 3.63) is 35.1 Å². The highest BCUT2D eigenvalue weighted by Crippen LogP contribution is 2.36. The van der Waals surface area contributed by atoms with Crippen LogP contribution in [0.15, 0.2) is 18.2 Å². The van der Waals surface area contributed by atoms with Gasteiger partial charge in [-0.1, -0.05) is 6.07 Å². The average molecular weight is 365 g/mol. The van der Waals surface area contributed by atoms with Crippen molar-refractivity contribution >= 4 is 6.47 Å².